The van der Waals surface area contributed by atoms with Gasteiger partial charge in [0, 0.05) is 34.3 Å². The quantitative estimate of drug-likeness (QED) is 0.710. The first-order valence-corrected chi connectivity index (χ1v) is 9.96. The number of benzene rings is 2. The molecule has 26 heavy (non-hydrogen) atoms. The molecule has 1 fully saturated rings. The average Bonchev–Trinajstić information content (AvgIpc) is 3.07. The molecule has 0 saturated carbocycles. The molecular weight excluding hydrogens is 368 g/mol. The highest BCUT2D eigenvalue weighted by Gasteiger charge is 2.22. The van der Waals surface area contributed by atoms with E-state index in [0.717, 1.165) is 35.7 Å². The van der Waals surface area contributed by atoms with Gasteiger partial charge < -0.3 is 10.2 Å². The molecule has 0 radical (unpaired) electrons. The largest absolute Gasteiger partial charge is 0.325 e. The zero-order valence-electron chi connectivity index (χ0n) is 14.6. The van der Waals surface area contributed by atoms with E-state index in [0.29, 0.717) is 11.4 Å². The lowest BCUT2D eigenvalue weighted by molar-refractivity contribution is -0.117. The summed E-state index contributed by atoms with van der Waals surface area (Å²) in [6.45, 7) is 2.76. The van der Waals surface area contributed by atoms with Crippen LogP contribution < -0.4 is 10.2 Å². The van der Waals surface area contributed by atoms with Crippen LogP contribution in [0.4, 0.5) is 11.4 Å². The molecule has 0 aliphatic carbocycles. The summed E-state index contributed by atoms with van der Waals surface area (Å²) in [6.07, 6.45) is 2.23. The number of carbonyl (C=O) groups excluding carboxylic acids is 2. The first kappa shape index (κ1) is 18.8. The Morgan fingerprint density at radius 3 is 2.46 bits per heavy atom. The standard InChI is InChI=1S/C20H21ClN2O2S/c1-2-18(26-17-11-5-14(21)6-12-17)20(25)22-15-7-9-16(10-8-15)23-13-3-4-19(23)24/h5-12,18H,2-4,13H2,1H3,(H,22,25). The summed E-state index contributed by atoms with van der Waals surface area (Å²) >= 11 is 7.43. The van der Waals surface area contributed by atoms with Gasteiger partial charge in [0.1, 0.15) is 0 Å². The highest BCUT2D eigenvalue weighted by molar-refractivity contribution is 8.00. The molecule has 1 aliphatic rings. The van der Waals surface area contributed by atoms with E-state index in [1.165, 1.54) is 11.8 Å². The summed E-state index contributed by atoms with van der Waals surface area (Å²) in [5, 5.41) is 3.46. The topological polar surface area (TPSA) is 49.4 Å². The molecule has 6 heteroatoms. The van der Waals surface area contributed by atoms with Gasteiger partial charge in [-0.15, -0.1) is 11.8 Å². The second kappa shape index (κ2) is 8.60. The van der Waals surface area contributed by atoms with Gasteiger partial charge in [0.15, 0.2) is 0 Å². The number of nitrogens with one attached hydrogen (secondary N) is 1. The molecule has 1 atom stereocenters. The summed E-state index contributed by atoms with van der Waals surface area (Å²) in [4.78, 5) is 27.2. The van der Waals surface area contributed by atoms with Crippen LogP contribution in [0, 0.1) is 0 Å². The summed E-state index contributed by atoms with van der Waals surface area (Å²) in [7, 11) is 0. The van der Waals surface area contributed by atoms with E-state index in [9.17, 15) is 9.59 Å². The van der Waals surface area contributed by atoms with Gasteiger partial charge in [0.2, 0.25) is 11.8 Å². The Morgan fingerprint density at radius 2 is 1.88 bits per heavy atom. The van der Waals surface area contributed by atoms with Crippen LogP contribution in [0.2, 0.25) is 5.02 Å². The Bertz CT molecular complexity index is 777. The van der Waals surface area contributed by atoms with Crippen LogP contribution in [0.15, 0.2) is 53.4 Å². The smallest absolute Gasteiger partial charge is 0.237 e. The van der Waals surface area contributed by atoms with Crippen molar-refractivity contribution in [3.63, 3.8) is 0 Å². The number of hydrogen-bond donors (Lipinski definition) is 1. The van der Waals surface area contributed by atoms with E-state index in [4.69, 9.17) is 11.6 Å². The van der Waals surface area contributed by atoms with Crippen molar-refractivity contribution in [3.8, 4) is 0 Å². The van der Waals surface area contributed by atoms with Crippen molar-refractivity contribution >= 4 is 46.6 Å². The third-order valence-electron chi connectivity index (χ3n) is 4.28. The first-order valence-electron chi connectivity index (χ1n) is 8.70. The second-order valence-electron chi connectivity index (χ2n) is 6.15. The highest BCUT2D eigenvalue weighted by Crippen LogP contribution is 2.28. The molecule has 0 bridgehead atoms. The second-order valence-corrected chi connectivity index (χ2v) is 7.87. The maximum absolute atomic E-state index is 12.6. The van der Waals surface area contributed by atoms with Gasteiger partial charge in [-0.1, -0.05) is 18.5 Å². The van der Waals surface area contributed by atoms with Crippen LogP contribution in [0.25, 0.3) is 0 Å². The number of carbonyl (C=O) groups is 2. The molecule has 2 aromatic rings. The third-order valence-corrected chi connectivity index (χ3v) is 5.90. The van der Waals surface area contributed by atoms with Gasteiger partial charge in [0.25, 0.3) is 0 Å². The maximum Gasteiger partial charge on any atom is 0.237 e. The van der Waals surface area contributed by atoms with Crippen molar-refractivity contribution in [2.45, 2.75) is 36.3 Å². The number of rotatable bonds is 6. The molecule has 1 N–H and O–H groups in total. The lowest BCUT2D eigenvalue weighted by Gasteiger charge is -2.17. The Kier molecular flexibility index (Phi) is 6.22. The summed E-state index contributed by atoms with van der Waals surface area (Å²) in [5.41, 5.74) is 1.62. The van der Waals surface area contributed by atoms with E-state index in [1.54, 1.807) is 4.90 Å². The van der Waals surface area contributed by atoms with Crippen molar-refractivity contribution in [1.29, 1.82) is 0 Å². The normalized spacial score (nSPS) is 15.2. The molecule has 1 heterocycles. The van der Waals surface area contributed by atoms with E-state index in [2.05, 4.69) is 5.32 Å². The van der Waals surface area contributed by atoms with Gasteiger partial charge in [-0.2, -0.15) is 0 Å². The maximum atomic E-state index is 12.6. The molecule has 0 aromatic heterocycles. The van der Waals surface area contributed by atoms with E-state index >= 15 is 0 Å². The number of halogens is 1. The minimum absolute atomic E-state index is 0.0301. The predicted molar refractivity (Wildman–Crippen MR) is 108 cm³/mol. The van der Waals surface area contributed by atoms with Crippen molar-refractivity contribution in [3.05, 3.63) is 53.6 Å². The molecule has 0 spiro atoms. The van der Waals surface area contributed by atoms with Crippen molar-refractivity contribution in [1.82, 2.24) is 0 Å². The van der Waals surface area contributed by atoms with E-state index in [-0.39, 0.29) is 17.1 Å². The molecular formula is C20H21ClN2O2S. The predicted octanol–water partition coefficient (Wildman–Crippen LogP) is 4.98. The minimum Gasteiger partial charge on any atom is -0.325 e. The van der Waals surface area contributed by atoms with E-state index < -0.39 is 0 Å². The van der Waals surface area contributed by atoms with Crippen LogP contribution >= 0.6 is 23.4 Å². The summed E-state index contributed by atoms with van der Waals surface area (Å²) in [6, 6.07) is 14.9. The monoisotopic (exact) mass is 388 g/mol. The lowest BCUT2D eigenvalue weighted by Crippen LogP contribution is -2.25. The SMILES string of the molecule is CCC(Sc1ccc(Cl)cc1)C(=O)Nc1ccc(N2CCCC2=O)cc1. The summed E-state index contributed by atoms with van der Waals surface area (Å²) < 4.78 is 0. The Balaban J connectivity index is 1.62. The number of anilines is 2. The fourth-order valence-corrected chi connectivity index (χ4v) is 3.95. The van der Waals surface area contributed by atoms with Crippen molar-refractivity contribution < 1.29 is 9.59 Å². The Labute approximate surface area is 162 Å². The molecule has 1 unspecified atom stereocenters. The number of amides is 2. The van der Waals surface area contributed by atoms with Crippen LogP contribution in [0.5, 0.6) is 0 Å². The van der Waals surface area contributed by atoms with Gasteiger partial charge in [0.05, 0.1) is 5.25 Å². The van der Waals surface area contributed by atoms with Gasteiger partial charge in [-0.05, 0) is 61.4 Å². The number of thioether (sulfide) groups is 1. The zero-order chi connectivity index (χ0) is 18.5. The summed E-state index contributed by atoms with van der Waals surface area (Å²) in [5.74, 6) is 0.129. The molecule has 3 rings (SSSR count). The fourth-order valence-electron chi connectivity index (χ4n) is 2.87. The van der Waals surface area contributed by atoms with Crippen molar-refractivity contribution in [2.75, 3.05) is 16.8 Å². The van der Waals surface area contributed by atoms with Gasteiger partial charge >= 0.3 is 0 Å². The van der Waals surface area contributed by atoms with Crippen LogP contribution in [-0.2, 0) is 9.59 Å². The van der Waals surface area contributed by atoms with Gasteiger partial charge in [-0.3, -0.25) is 9.59 Å². The molecule has 4 nitrogen and oxygen atoms in total. The Hall–Kier alpha value is -1.98. The van der Waals surface area contributed by atoms with E-state index in [1.807, 2.05) is 55.5 Å². The molecule has 136 valence electrons. The Morgan fingerprint density at radius 1 is 1.19 bits per heavy atom. The van der Waals surface area contributed by atoms with Gasteiger partial charge in [-0.25, -0.2) is 0 Å². The lowest BCUT2D eigenvalue weighted by atomic mass is 10.2. The first-order chi connectivity index (χ1) is 12.6. The fraction of sp³-hybridized carbons (Fsp3) is 0.300. The van der Waals surface area contributed by atoms with Crippen LogP contribution in [-0.4, -0.2) is 23.6 Å². The molecule has 1 aliphatic heterocycles. The molecule has 1 saturated heterocycles. The zero-order valence-corrected chi connectivity index (χ0v) is 16.1. The van der Waals surface area contributed by atoms with Crippen LogP contribution in [0.1, 0.15) is 26.2 Å². The van der Waals surface area contributed by atoms with Crippen LogP contribution in [0.3, 0.4) is 0 Å². The minimum atomic E-state index is -0.184. The van der Waals surface area contributed by atoms with Crippen molar-refractivity contribution in [2.24, 2.45) is 0 Å². The highest BCUT2D eigenvalue weighted by atomic mass is 35.5. The number of hydrogen-bond acceptors (Lipinski definition) is 3. The average molecular weight is 389 g/mol. The molecule has 2 amide bonds. The number of nitrogens with zero attached hydrogens (tertiary/aromatic N) is 1. The molecule has 2 aromatic carbocycles. The third kappa shape index (κ3) is 4.59.